The Labute approximate surface area is 290 Å². The molecule has 0 aromatic heterocycles. The molecule has 0 saturated heterocycles. The Kier molecular flexibility index (Phi) is 42.4. The van der Waals surface area contributed by atoms with Crippen LogP contribution in [0.2, 0.25) is 0 Å². The van der Waals surface area contributed by atoms with Crippen molar-refractivity contribution in [3.8, 4) is 0 Å². The van der Waals surface area contributed by atoms with Crippen LogP contribution in [0, 0.1) is 0 Å². The summed E-state index contributed by atoms with van der Waals surface area (Å²) >= 11 is 0. The minimum absolute atomic E-state index is 0. The van der Waals surface area contributed by atoms with E-state index in [-0.39, 0.29) is 23.1 Å². The molecule has 0 aliphatic heterocycles. The monoisotopic (exact) mass is 646 g/mol. The molecule has 0 amide bonds. The van der Waals surface area contributed by atoms with Gasteiger partial charge in [-0.2, -0.15) is 0 Å². The second-order valence-electron chi connectivity index (χ2n) is 11.4. The summed E-state index contributed by atoms with van der Waals surface area (Å²) in [5.41, 5.74) is 0. The standard InChI is InChI=1S/2C18H32O4.Mg/c2*1-2-3-4-5-6-7-8-9-10-11-12-13-16-22-18(21)15-14-17(19)20;/h2*14-15H,2-13,16H2,1H3,(H,19,20);/q;;+2/p-2/b2*15-14-;. The number of carbonyl (C=O) groups excluding carboxylic acids is 4. The number of carboxylic acids is 2. The van der Waals surface area contributed by atoms with Crippen LogP contribution in [0.25, 0.3) is 0 Å². The van der Waals surface area contributed by atoms with Gasteiger partial charge in [-0.25, -0.2) is 9.59 Å². The SMILES string of the molecule is CCCCCCCCCCCCCCOC(=O)/C=C\C(=O)[O-].CCCCCCCCCCCCCCOC(=O)/C=C\C(=O)[O-].[Mg+2]. The molecule has 0 unspecified atom stereocenters. The minimum atomic E-state index is -1.39. The van der Waals surface area contributed by atoms with Crippen molar-refractivity contribution in [2.45, 2.75) is 168 Å². The molecule has 9 heteroatoms. The van der Waals surface area contributed by atoms with Crippen LogP contribution in [0.4, 0.5) is 0 Å². The summed E-state index contributed by atoms with van der Waals surface area (Å²) in [5, 5.41) is 20.2. The van der Waals surface area contributed by atoms with Gasteiger partial charge in [-0.3, -0.25) is 0 Å². The number of carboxylic acid groups (broad SMARTS) is 2. The zero-order chi connectivity index (χ0) is 32.9. The third kappa shape index (κ3) is 46.7. The van der Waals surface area contributed by atoms with E-state index in [0.29, 0.717) is 25.4 Å². The Hall–Kier alpha value is -1.87. The Morgan fingerprint density at radius 3 is 0.844 bits per heavy atom. The fourth-order valence-corrected chi connectivity index (χ4v) is 4.60. The van der Waals surface area contributed by atoms with E-state index in [2.05, 4.69) is 13.8 Å². The first kappa shape index (κ1) is 47.5. The molecule has 0 aromatic carbocycles. The summed E-state index contributed by atoms with van der Waals surface area (Å²) in [6, 6.07) is 0. The third-order valence-corrected chi connectivity index (χ3v) is 7.20. The van der Waals surface area contributed by atoms with Crippen molar-refractivity contribution >= 4 is 46.9 Å². The number of ether oxygens (including phenoxy) is 2. The molecule has 0 saturated carbocycles. The fraction of sp³-hybridized carbons (Fsp3) is 0.778. The largest absolute Gasteiger partial charge is 2.00 e. The zero-order valence-corrected chi connectivity index (χ0v) is 30.1. The summed E-state index contributed by atoms with van der Waals surface area (Å²) in [7, 11) is 0. The number of hydrogen-bond donors (Lipinski definition) is 0. The van der Waals surface area contributed by atoms with Crippen molar-refractivity contribution in [3.63, 3.8) is 0 Å². The van der Waals surface area contributed by atoms with E-state index >= 15 is 0 Å². The molecule has 256 valence electrons. The Morgan fingerprint density at radius 2 is 0.622 bits per heavy atom. The van der Waals surface area contributed by atoms with Gasteiger partial charge in [-0.1, -0.05) is 155 Å². The van der Waals surface area contributed by atoms with Gasteiger partial charge in [0.1, 0.15) is 0 Å². The first-order chi connectivity index (χ1) is 21.3. The molecule has 0 rings (SSSR count). The molecule has 0 aliphatic carbocycles. The maximum absolute atomic E-state index is 11.0. The molecule has 0 atom stereocenters. The Bertz CT molecular complexity index is 689. The molecular weight excluding hydrogens is 585 g/mol. The van der Waals surface area contributed by atoms with E-state index in [0.717, 1.165) is 37.8 Å². The van der Waals surface area contributed by atoms with Gasteiger partial charge >= 0.3 is 35.0 Å². The van der Waals surface area contributed by atoms with Crippen LogP contribution in [0.15, 0.2) is 24.3 Å². The van der Waals surface area contributed by atoms with E-state index in [1.807, 2.05) is 0 Å². The maximum Gasteiger partial charge on any atom is 2.00 e. The van der Waals surface area contributed by atoms with Crippen LogP contribution in [-0.4, -0.2) is 60.1 Å². The average Bonchev–Trinajstić information content (AvgIpc) is 3.00. The summed E-state index contributed by atoms with van der Waals surface area (Å²) in [5.74, 6) is -4.01. The molecular formula is C36H62MgO8. The van der Waals surface area contributed by atoms with Crippen LogP contribution < -0.4 is 10.2 Å². The van der Waals surface area contributed by atoms with Crippen molar-refractivity contribution in [2.24, 2.45) is 0 Å². The number of rotatable bonds is 30. The summed E-state index contributed by atoms with van der Waals surface area (Å²) < 4.78 is 9.73. The Balaban J connectivity index is -0.000000767. The molecule has 45 heavy (non-hydrogen) atoms. The number of unbranched alkanes of at least 4 members (excludes halogenated alkanes) is 22. The molecule has 0 aliphatic rings. The quantitative estimate of drug-likeness (QED) is 0.0365. The van der Waals surface area contributed by atoms with Crippen molar-refractivity contribution in [3.05, 3.63) is 24.3 Å². The summed E-state index contributed by atoms with van der Waals surface area (Å²) in [6.07, 6.45) is 33.3. The average molecular weight is 647 g/mol. The van der Waals surface area contributed by atoms with E-state index in [1.165, 1.54) is 128 Å². The number of aliphatic carboxylic acids is 2. The minimum Gasteiger partial charge on any atom is -0.545 e. The normalized spacial score (nSPS) is 10.7. The van der Waals surface area contributed by atoms with E-state index in [1.54, 1.807) is 0 Å². The molecule has 0 fully saturated rings. The van der Waals surface area contributed by atoms with E-state index < -0.39 is 23.9 Å². The number of esters is 2. The summed E-state index contributed by atoms with van der Waals surface area (Å²) in [4.78, 5) is 42.3. The van der Waals surface area contributed by atoms with Crippen molar-refractivity contribution in [1.82, 2.24) is 0 Å². The van der Waals surface area contributed by atoms with E-state index in [9.17, 15) is 29.4 Å². The van der Waals surface area contributed by atoms with Gasteiger partial charge in [-0.05, 0) is 25.0 Å². The molecule has 0 radical (unpaired) electrons. The van der Waals surface area contributed by atoms with Gasteiger partial charge in [0, 0.05) is 12.2 Å². The van der Waals surface area contributed by atoms with Gasteiger partial charge in [0.05, 0.1) is 25.2 Å². The van der Waals surface area contributed by atoms with Crippen LogP contribution >= 0.6 is 0 Å². The van der Waals surface area contributed by atoms with Crippen LogP contribution in [-0.2, 0) is 28.7 Å². The number of hydrogen-bond acceptors (Lipinski definition) is 8. The Morgan fingerprint density at radius 1 is 0.400 bits per heavy atom. The van der Waals surface area contributed by atoms with Gasteiger partial charge in [-0.15, -0.1) is 0 Å². The topological polar surface area (TPSA) is 133 Å². The van der Waals surface area contributed by atoms with Crippen molar-refractivity contribution < 1.29 is 38.9 Å². The predicted octanol–water partition coefficient (Wildman–Crippen LogP) is 6.69. The smallest absolute Gasteiger partial charge is 0.545 e. The second-order valence-corrected chi connectivity index (χ2v) is 11.4. The molecule has 8 nitrogen and oxygen atoms in total. The van der Waals surface area contributed by atoms with Gasteiger partial charge in [0.25, 0.3) is 0 Å². The number of carbonyl (C=O) groups is 4. The maximum atomic E-state index is 11.0. The molecule has 0 heterocycles. The van der Waals surface area contributed by atoms with Crippen LogP contribution in [0.3, 0.4) is 0 Å². The molecule has 0 spiro atoms. The summed E-state index contributed by atoms with van der Waals surface area (Å²) in [6.45, 7) is 5.19. The zero-order valence-electron chi connectivity index (χ0n) is 28.7. The third-order valence-electron chi connectivity index (χ3n) is 7.20. The van der Waals surface area contributed by atoms with Gasteiger partial charge in [0.15, 0.2) is 0 Å². The van der Waals surface area contributed by atoms with E-state index in [4.69, 9.17) is 9.47 Å². The van der Waals surface area contributed by atoms with Gasteiger partial charge < -0.3 is 29.3 Å². The van der Waals surface area contributed by atoms with Crippen LogP contribution in [0.5, 0.6) is 0 Å². The van der Waals surface area contributed by atoms with Crippen LogP contribution in [0.1, 0.15) is 168 Å². The molecule has 0 bridgehead atoms. The first-order valence-corrected chi connectivity index (χ1v) is 17.4. The fourth-order valence-electron chi connectivity index (χ4n) is 4.60. The second kappa shape index (κ2) is 40.1. The molecule has 0 N–H and O–H groups in total. The molecule has 0 aromatic rings. The van der Waals surface area contributed by atoms with Gasteiger partial charge in [0.2, 0.25) is 0 Å². The van der Waals surface area contributed by atoms with Crippen molar-refractivity contribution in [1.29, 1.82) is 0 Å². The predicted molar refractivity (Wildman–Crippen MR) is 178 cm³/mol. The van der Waals surface area contributed by atoms with Crippen molar-refractivity contribution in [2.75, 3.05) is 13.2 Å². The first-order valence-electron chi connectivity index (χ1n) is 17.4.